The largest absolute Gasteiger partial charge is 1.00 e. The van der Waals surface area contributed by atoms with Crippen LogP contribution in [0.25, 0.3) is 6.08 Å². The van der Waals surface area contributed by atoms with E-state index in [9.17, 15) is 0 Å². The minimum absolute atomic E-state index is 0. The summed E-state index contributed by atoms with van der Waals surface area (Å²) in [5.41, 5.74) is 4.80. The number of hydrogen-bond donors (Lipinski definition) is 0. The summed E-state index contributed by atoms with van der Waals surface area (Å²) in [7, 11) is 0.248. The predicted molar refractivity (Wildman–Crippen MR) is 89.5 cm³/mol. The van der Waals surface area contributed by atoms with Crippen LogP contribution in [0.1, 0.15) is 41.5 Å². The number of unbranched alkanes of at least 4 members (excludes halogenated alkanes) is 1. The van der Waals surface area contributed by atoms with Crippen LogP contribution in [0.2, 0.25) is 0 Å². The van der Waals surface area contributed by atoms with Crippen molar-refractivity contribution in [3.05, 3.63) is 62.3 Å². The Morgan fingerprint density at radius 3 is 2.87 bits per heavy atom. The maximum absolute atomic E-state index is 2.55. The molecule has 1 fully saturated rings. The molecule has 1 aromatic rings. The predicted octanol–water partition coefficient (Wildman–Crippen LogP) is -0.318. The van der Waals surface area contributed by atoms with Crippen LogP contribution in [-0.4, -0.2) is 12.3 Å². The van der Waals surface area contributed by atoms with Gasteiger partial charge in [-0.2, -0.15) is 0 Å². The van der Waals surface area contributed by atoms with E-state index >= 15 is 0 Å². The minimum atomic E-state index is -0.0278. The van der Waals surface area contributed by atoms with Crippen LogP contribution in [0.3, 0.4) is 0 Å². The molecule has 23 heavy (non-hydrogen) atoms. The van der Waals surface area contributed by atoms with E-state index in [1.165, 1.54) is 37.1 Å². The van der Waals surface area contributed by atoms with Gasteiger partial charge in [-0.3, -0.25) is 0 Å². The van der Waals surface area contributed by atoms with Gasteiger partial charge in [-0.05, 0) is 0 Å². The van der Waals surface area contributed by atoms with Gasteiger partial charge in [-0.1, -0.05) is 0 Å². The molecule has 0 aromatic heterocycles. The van der Waals surface area contributed by atoms with Gasteiger partial charge in [0.1, 0.15) is 0 Å². The van der Waals surface area contributed by atoms with Gasteiger partial charge in [0.25, 0.3) is 0 Å². The normalized spacial score (nSPS) is 23.1. The van der Waals surface area contributed by atoms with E-state index in [0.29, 0.717) is 0 Å². The summed E-state index contributed by atoms with van der Waals surface area (Å²) in [5.74, 6) is 0. The van der Waals surface area contributed by atoms with Gasteiger partial charge < -0.3 is 24.8 Å². The van der Waals surface area contributed by atoms with Crippen LogP contribution in [0.15, 0.2) is 51.2 Å². The minimum Gasteiger partial charge on any atom is -1.00 e. The molecule has 4 rings (SSSR count). The van der Waals surface area contributed by atoms with E-state index < -0.39 is 0 Å². The van der Waals surface area contributed by atoms with Crippen molar-refractivity contribution >= 4 is 14.0 Å². The Morgan fingerprint density at radius 1 is 1.22 bits per heavy atom. The number of rotatable bonds is 5. The first-order valence-corrected chi connectivity index (χ1v) is 11.5. The van der Waals surface area contributed by atoms with E-state index in [2.05, 4.69) is 49.4 Å². The number of benzene rings is 1. The van der Waals surface area contributed by atoms with Gasteiger partial charge >= 0.3 is 138 Å². The Bertz CT molecular complexity index is 663. The average Bonchev–Trinajstić information content (AvgIpc) is 3.02. The average molecular weight is 399 g/mol. The molecule has 1 aromatic carbocycles. The Balaban J connectivity index is 0.000000960. The smallest absolute Gasteiger partial charge is 1.00 e. The van der Waals surface area contributed by atoms with Gasteiger partial charge in [0, 0.05) is 0 Å². The number of fused-ring (bicyclic) bond motifs is 2. The third kappa shape index (κ3) is 3.73. The van der Waals surface area contributed by atoms with Crippen LogP contribution in [0, 0.1) is 0 Å². The quantitative estimate of drug-likeness (QED) is 0.471. The molecule has 0 amide bonds. The molecule has 0 nitrogen and oxygen atoms in total. The van der Waals surface area contributed by atoms with E-state index in [1.807, 2.05) is 9.19 Å². The van der Waals surface area contributed by atoms with Crippen LogP contribution in [0.5, 0.6) is 0 Å². The third-order valence-corrected chi connectivity index (χ3v) is 10.4. The molecule has 2 unspecified atom stereocenters. The molecule has 0 bridgehead atoms. The zero-order valence-electron chi connectivity index (χ0n) is 13.4. The molecule has 0 spiro atoms. The summed E-state index contributed by atoms with van der Waals surface area (Å²) in [6.45, 7) is 2.32. The summed E-state index contributed by atoms with van der Waals surface area (Å²) in [5, 5.41) is 1.89. The van der Waals surface area contributed by atoms with E-state index in [4.69, 9.17) is 0 Å². The van der Waals surface area contributed by atoms with Crippen molar-refractivity contribution in [1.29, 1.82) is 0 Å². The van der Waals surface area contributed by atoms with Crippen molar-refractivity contribution in [2.45, 2.75) is 30.4 Å². The molecule has 0 radical (unpaired) electrons. The Kier molecular flexibility index (Phi) is 7.21. The molecule has 1 saturated heterocycles. The van der Waals surface area contributed by atoms with E-state index in [-0.39, 0.29) is 51.9 Å². The fourth-order valence-electron chi connectivity index (χ4n) is 3.57. The topological polar surface area (TPSA) is 0 Å². The third-order valence-electron chi connectivity index (χ3n) is 4.73. The zero-order chi connectivity index (χ0) is 14.2. The van der Waals surface area contributed by atoms with Crippen molar-refractivity contribution in [2.75, 3.05) is 12.3 Å². The Labute approximate surface area is 162 Å². The molecule has 1 aliphatic heterocycles. The first-order valence-electron chi connectivity index (χ1n) is 8.08. The van der Waals surface area contributed by atoms with Crippen LogP contribution in [-0.2, 0) is 19.2 Å². The standard InChI is InChI=1S/C10H14P.C9H7.2ClH.Ti/c1-2-3-7-11-8-9-5-4-6-10(9)11;1-2-5-9-7-3-6-8(9)4-1;;;/h5H,2-4,7-8H2,1H3;1-7H;2*1H;/q;;;;+2/p-2. The van der Waals surface area contributed by atoms with Crippen molar-refractivity contribution in [2.24, 2.45) is 0 Å². The van der Waals surface area contributed by atoms with E-state index in [0.717, 1.165) is 4.22 Å². The molecule has 2 atom stereocenters. The first-order chi connectivity index (χ1) is 10.4. The molecule has 2 aliphatic carbocycles. The maximum Gasteiger partial charge on any atom is -1.00 e. The molecule has 0 saturated carbocycles. The van der Waals surface area contributed by atoms with Gasteiger partial charge in [0.05, 0.1) is 0 Å². The molecular weight excluding hydrogens is 378 g/mol. The summed E-state index contributed by atoms with van der Waals surface area (Å²) in [6.07, 6.45) is 14.4. The first kappa shape index (κ1) is 19.5. The number of hydrogen-bond acceptors (Lipinski definition) is 0. The molecule has 1 heterocycles. The van der Waals surface area contributed by atoms with Crippen molar-refractivity contribution in [3.63, 3.8) is 0 Å². The maximum atomic E-state index is 2.55. The second kappa shape index (κ2) is 8.51. The summed E-state index contributed by atoms with van der Waals surface area (Å²) >= 11 is -0.0278. The van der Waals surface area contributed by atoms with Crippen LogP contribution >= 0.6 is 7.92 Å². The molecule has 3 aliphatic rings. The van der Waals surface area contributed by atoms with Crippen molar-refractivity contribution in [1.82, 2.24) is 0 Å². The molecular formula is C19H21Cl2PTi. The van der Waals surface area contributed by atoms with E-state index in [1.54, 1.807) is 11.1 Å². The summed E-state index contributed by atoms with van der Waals surface area (Å²) < 4.78 is 2.64. The fraction of sp³-hybridized carbons (Fsp3) is 0.368. The molecule has 0 N–H and O–H groups in total. The second-order valence-electron chi connectivity index (χ2n) is 6.15. The van der Waals surface area contributed by atoms with Gasteiger partial charge in [-0.25, -0.2) is 0 Å². The monoisotopic (exact) mass is 398 g/mol. The fourth-order valence-corrected chi connectivity index (χ4v) is 9.64. The molecule has 4 heteroatoms. The van der Waals surface area contributed by atoms with Crippen molar-refractivity contribution in [3.8, 4) is 0 Å². The molecule has 120 valence electrons. The van der Waals surface area contributed by atoms with Gasteiger partial charge in [0.15, 0.2) is 0 Å². The number of allylic oxidation sites excluding steroid dienone is 5. The van der Waals surface area contributed by atoms with Gasteiger partial charge in [-0.15, -0.1) is 0 Å². The van der Waals surface area contributed by atoms with Crippen molar-refractivity contribution < 1.29 is 44.0 Å². The Hall–Kier alpha value is 0.164. The second-order valence-corrected chi connectivity index (χ2v) is 10.8. The summed E-state index contributed by atoms with van der Waals surface area (Å²) in [4.78, 5) is 0. The number of halogens is 2. The van der Waals surface area contributed by atoms with Crippen LogP contribution in [0.4, 0.5) is 0 Å². The van der Waals surface area contributed by atoms with Gasteiger partial charge in [0.2, 0.25) is 0 Å². The SMILES string of the molecule is CCCCP1CC2=CC[C]([Ti+2][CH]3C=Cc4ccccc43)=C21.[Cl-].[Cl-]. The summed E-state index contributed by atoms with van der Waals surface area (Å²) in [6, 6.07) is 8.99. The van der Waals surface area contributed by atoms with Crippen LogP contribution < -0.4 is 24.8 Å². The Morgan fingerprint density at radius 2 is 2.04 bits per heavy atom. The zero-order valence-corrected chi connectivity index (χ0v) is 17.3.